The largest absolute Gasteiger partial charge is 0.292 e. The molecule has 104 valence electrons. The summed E-state index contributed by atoms with van der Waals surface area (Å²) in [5.41, 5.74) is 0.814. The zero-order valence-corrected chi connectivity index (χ0v) is 12.2. The molecule has 3 nitrogen and oxygen atoms in total. The van der Waals surface area contributed by atoms with Crippen molar-refractivity contribution in [2.45, 2.75) is 31.2 Å². The molecule has 0 bridgehead atoms. The van der Waals surface area contributed by atoms with Crippen LogP contribution in [0.4, 0.5) is 0 Å². The average molecular weight is 281 g/mol. The van der Waals surface area contributed by atoms with Crippen LogP contribution in [-0.4, -0.2) is 47.4 Å². The third-order valence-electron chi connectivity index (χ3n) is 4.85. The molecule has 1 aliphatic heterocycles. The third kappa shape index (κ3) is 2.08. The zero-order chi connectivity index (χ0) is 13.5. The smallest absolute Gasteiger partial charge is 0.246 e. The van der Waals surface area contributed by atoms with E-state index in [-0.39, 0.29) is 11.2 Å². The minimum absolute atomic E-state index is 0.212. The second-order valence-electron chi connectivity index (χ2n) is 5.98. The highest BCUT2D eigenvalue weighted by Gasteiger charge is 2.51. The Balaban J connectivity index is 1.98. The number of nitrogens with zero attached hydrogens (tertiary/aromatic N) is 2. The lowest BCUT2D eigenvalue weighted by Gasteiger charge is -2.46. The molecule has 19 heavy (non-hydrogen) atoms. The van der Waals surface area contributed by atoms with E-state index in [1.807, 2.05) is 12.2 Å². The lowest BCUT2D eigenvalue weighted by atomic mass is 9.69. The first-order valence-electron chi connectivity index (χ1n) is 7.16. The van der Waals surface area contributed by atoms with E-state index in [0.29, 0.717) is 0 Å². The molecule has 0 aromatic heterocycles. The molecule has 0 aromatic rings. The molecule has 0 radical (unpaired) electrons. The van der Waals surface area contributed by atoms with Crippen LogP contribution < -0.4 is 0 Å². The quantitative estimate of drug-likeness (QED) is 0.726. The van der Waals surface area contributed by atoms with Crippen molar-refractivity contribution in [3.05, 3.63) is 23.8 Å². The first-order valence-corrected chi connectivity index (χ1v) is 7.54. The zero-order valence-electron chi connectivity index (χ0n) is 11.4. The Hall–Kier alpha value is -0.640. The van der Waals surface area contributed by atoms with Gasteiger partial charge < -0.3 is 0 Å². The van der Waals surface area contributed by atoms with Crippen LogP contribution in [0.15, 0.2) is 23.8 Å². The summed E-state index contributed by atoms with van der Waals surface area (Å²) in [7, 11) is 2.09. The van der Waals surface area contributed by atoms with Crippen LogP contribution in [0.5, 0.6) is 0 Å². The van der Waals surface area contributed by atoms with E-state index < -0.39 is 5.54 Å². The number of fused-ring (bicyclic) bond motifs is 1. The van der Waals surface area contributed by atoms with E-state index >= 15 is 0 Å². The van der Waals surface area contributed by atoms with Gasteiger partial charge in [-0.15, -0.1) is 0 Å². The van der Waals surface area contributed by atoms with Crippen LogP contribution in [0.1, 0.15) is 25.7 Å². The average Bonchev–Trinajstić information content (AvgIpc) is 2.84. The van der Waals surface area contributed by atoms with E-state index in [1.165, 1.54) is 18.4 Å². The summed E-state index contributed by atoms with van der Waals surface area (Å²) in [4.78, 5) is 16.8. The summed E-state index contributed by atoms with van der Waals surface area (Å²) in [6, 6.07) is 0. The number of allylic oxidation sites excluding steroid dienone is 2. The molecule has 2 fully saturated rings. The molecule has 0 spiro atoms. The van der Waals surface area contributed by atoms with Gasteiger partial charge in [-0.05, 0) is 37.9 Å². The van der Waals surface area contributed by atoms with Gasteiger partial charge in [-0.25, -0.2) is 0 Å². The van der Waals surface area contributed by atoms with Gasteiger partial charge in [-0.3, -0.25) is 14.6 Å². The number of likely N-dealkylation sites (N-methyl/N-ethyl adjacent to an activating group) is 1. The number of carbonyl (C=O) groups excluding carboxylic acids is 1. The minimum Gasteiger partial charge on any atom is -0.292 e. The molecular weight excluding hydrogens is 260 g/mol. The molecule has 2 aliphatic carbocycles. The fourth-order valence-corrected chi connectivity index (χ4v) is 4.17. The molecule has 3 rings (SSSR count). The predicted molar refractivity (Wildman–Crippen MR) is 77.0 cm³/mol. The maximum Gasteiger partial charge on any atom is 0.246 e. The summed E-state index contributed by atoms with van der Waals surface area (Å²) in [5, 5.41) is -0.212. The summed E-state index contributed by atoms with van der Waals surface area (Å²) in [5.74, 6) is 0.280. The first-order chi connectivity index (χ1) is 9.14. The highest BCUT2D eigenvalue weighted by atomic mass is 35.5. The highest BCUT2D eigenvalue weighted by molar-refractivity contribution is 6.66. The van der Waals surface area contributed by atoms with E-state index in [0.717, 1.165) is 32.6 Å². The lowest BCUT2D eigenvalue weighted by molar-refractivity contribution is -0.122. The van der Waals surface area contributed by atoms with Crippen LogP contribution in [0.2, 0.25) is 0 Å². The van der Waals surface area contributed by atoms with Crippen molar-refractivity contribution in [1.82, 2.24) is 9.80 Å². The molecule has 4 heteroatoms. The highest BCUT2D eigenvalue weighted by Crippen LogP contribution is 2.45. The molecular formula is C15H21ClN2O. The maximum atomic E-state index is 12.3. The maximum absolute atomic E-state index is 12.3. The standard InChI is InChI=1S/C15H21ClN2O/c1-17-9-10-18(11-17)15(14(16)19)8-4-6-12-5-2-3-7-13(12)15/h4,6,8,13H,2-3,5,7,9-11H2,1H3/t13-,15?/m0/s1. The Kier molecular flexibility index (Phi) is 3.54. The predicted octanol–water partition coefficient (Wildman–Crippen LogP) is 2.38. The van der Waals surface area contributed by atoms with E-state index in [9.17, 15) is 4.79 Å². The molecule has 2 atom stereocenters. The van der Waals surface area contributed by atoms with Crippen molar-refractivity contribution >= 4 is 16.8 Å². The van der Waals surface area contributed by atoms with E-state index in [4.69, 9.17) is 11.6 Å². The van der Waals surface area contributed by atoms with Crippen molar-refractivity contribution in [1.29, 1.82) is 0 Å². The second kappa shape index (κ2) is 5.04. The molecule has 3 aliphatic rings. The van der Waals surface area contributed by atoms with Gasteiger partial charge in [0.05, 0.1) is 6.67 Å². The molecule has 0 amide bonds. The monoisotopic (exact) mass is 280 g/mol. The number of rotatable bonds is 2. The van der Waals surface area contributed by atoms with Crippen LogP contribution in [0, 0.1) is 5.92 Å². The van der Waals surface area contributed by atoms with Crippen LogP contribution in [0.25, 0.3) is 0 Å². The molecule has 0 N–H and O–H groups in total. The van der Waals surface area contributed by atoms with Gasteiger partial charge in [-0.2, -0.15) is 0 Å². The van der Waals surface area contributed by atoms with Crippen molar-refractivity contribution in [3.63, 3.8) is 0 Å². The van der Waals surface area contributed by atoms with Gasteiger partial charge in [0.25, 0.3) is 0 Å². The number of hydrogen-bond acceptors (Lipinski definition) is 3. The first kappa shape index (κ1) is 13.3. The molecule has 1 saturated carbocycles. The van der Waals surface area contributed by atoms with Crippen molar-refractivity contribution in [2.24, 2.45) is 5.92 Å². The van der Waals surface area contributed by atoms with Gasteiger partial charge in [-0.1, -0.05) is 30.2 Å². The van der Waals surface area contributed by atoms with Crippen LogP contribution in [-0.2, 0) is 4.79 Å². The topological polar surface area (TPSA) is 23.6 Å². The Labute approximate surface area is 119 Å². The fraction of sp³-hybridized carbons (Fsp3) is 0.667. The number of carbonyl (C=O) groups is 1. The SMILES string of the molecule is CN1CCN(C2(C(=O)Cl)C=CC=C3CCCC[C@@H]32)C1. The Bertz CT molecular complexity index is 445. The van der Waals surface area contributed by atoms with E-state index in [1.54, 1.807) is 0 Å². The summed E-state index contributed by atoms with van der Waals surface area (Å²) >= 11 is 6.08. The van der Waals surface area contributed by atoms with Gasteiger partial charge >= 0.3 is 0 Å². The fourth-order valence-electron chi connectivity index (χ4n) is 3.85. The normalized spacial score (nSPS) is 36.1. The van der Waals surface area contributed by atoms with Crippen molar-refractivity contribution in [3.8, 4) is 0 Å². The Morgan fingerprint density at radius 3 is 2.95 bits per heavy atom. The van der Waals surface area contributed by atoms with Gasteiger partial charge in [0.2, 0.25) is 5.24 Å². The van der Waals surface area contributed by atoms with Crippen LogP contribution >= 0.6 is 11.6 Å². The van der Waals surface area contributed by atoms with E-state index in [2.05, 4.69) is 22.9 Å². The molecule has 1 unspecified atom stereocenters. The van der Waals surface area contributed by atoms with Gasteiger partial charge in [0.1, 0.15) is 5.54 Å². The minimum atomic E-state index is -0.600. The Morgan fingerprint density at radius 2 is 2.26 bits per heavy atom. The molecule has 0 aromatic carbocycles. The molecule has 1 saturated heterocycles. The summed E-state index contributed by atoms with van der Waals surface area (Å²) in [6.07, 6.45) is 10.9. The third-order valence-corrected chi connectivity index (χ3v) is 5.15. The number of halogens is 1. The molecule has 1 heterocycles. The summed E-state index contributed by atoms with van der Waals surface area (Å²) in [6.45, 7) is 2.75. The van der Waals surface area contributed by atoms with Crippen molar-refractivity contribution in [2.75, 3.05) is 26.8 Å². The summed E-state index contributed by atoms with van der Waals surface area (Å²) < 4.78 is 0. The second-order valence-corrected chi connectivity index (χ2v) is 6.33. The van der Waals surface area contributed by atoms with Gasteiger partial charge in [0.15, 0.2) is 0 Å². The lowest BCUT2D eigenvalue weighted by Crippen LogP contribution is -2.58. The van der Waals surface area contributed by atoms with Gasteiger partial charge in [0, 0.05) is 19.0 Å². The van der Waals surface area contributed by atoms with Crippen LogP contribution in [0.3, 0.4) is 0 Å². The van der Waals surface area contributed by atoms with Crippen molar-refractivity contribution < 1.29 is 4.79 Å². The number of hydrogen-bond donors (Lipinski definition) is 0. The Morgan fingerprint density at radius 1 is 1.42 bits per heavy atom.